The van der Waals surface area contributed by atoms with Crippen molar-refractivity contribution in [1.82, 2.24) is 0 Å². The summed E-state index contributed by atoms with van der Waals surface area (Å²) in [4.78, 5) is 0. The van der Waals surface area contributed by atoms with Gasteiger partial charge in [-0.2, -0.15) is 0 Å². The van der Waals surface area contributed by atoms with Crippen LogP contribution in [0.2, 0.25) is 0 Å². The van der Waals surface area contributed by atoms with Gasteiger partial charge in [-0.15, -0.1) is 0 Å². The molecule has 0 unspecified atom stereocenters. The van der Waals surface area contributed by atoms with Crippen molar-refractivity contribution in [3.8, 4) is 17.2 Å². The molecule has 0 aliphatic heterocycles. The molecule has 0 saturated heterocycles. The molecular weight excluding hydrogens is 206 g/mol. The van der Waals surface area contributed by atoms with E-state index >= 15 is 0 Å². The van der Waals surface area contributed by atoms with E-state index in [-0.39, 0.29) is 5.54 Å². The lowest BCUT2D eigenvalue weighted by molar-refractivity contribution is 0.276. The molecule has 1 saturated carbocycles. The summed E-state index contributed by atoms with van der Waals surface area (Å²) in [7, 11) is 3.23. The maximum atomic E-state index is 5.95. The topological polar surface area (TPSA) is 53.7 Å². The fraction of sp³-hybridized carbons (Fsp3) is 0.500. The number of benzene rings is 1. The molecule has 0 atom stereocenters. The van der Waals surface area contributed by atoms with Gasteiger partial charge in [-0.3, -0.25) is 0 Å². The van der Waals surface area contributed by atoms with Crippen molar-refractivity contribution in [2.45, 2.75) is 18.4 Å². The molecule has 0 bridgehead atoms. The quantitative estimate of drug-likeness (QED) is 0.823. The normalized spacial score (nSPS) is 16.7. The van der Waals surface area contributed by atoms with Gasteiger partial charge in [0.2, 0.25) is 0 Å². The highest BCUT2D eigenvalue weighted by Gasteiger charge is 2.39. The van der Waals surface area contributed by atoms with E-state index in [0.29, 0.717) is 6.61 Å². The first kappa shape index (κ1) is 11.1. The second kappa shape index (κ2) is 4.22. The summed E-state index contributed by atoms with van der Waals surface area (Å²) >= 11 is 0. The van der Waals surface area contributed by atoms with E-state index in [2.05, 4.69) is 0 Å². The van der Waals surface area contributed by atoms with Gasteiger partial charge < -0.3 is 19.9 Å². The number of nitrogens with two attached hydrogens (primary N) is 1. The van der Waals surface area contributed by atoms with Crippen LogP contribution in [-0.4, -0.2) is 26.4 Å². The number of ether oxygens (including phenoxy) is 3. The molecule has 0 aromatic heterocycles. The van der Waals surface area contributed by atoms with Crippen molar-refractivity contribution < 1.29 is 14.2 Å². The zero-order valence-electron chi connectivity index (χ0n) is 9.66. The SMILES string of the molecule is COc1cc(OC)cc(OCC2(N)CC2)c1. The maximum absolute atomic E-state index is 5.95. The molecule has 88 valence electrons. The molecule has 1 aromatic rings. The molecule has 4 heteroatoms. The Bertz CT molecular complexity index is 352. The average Bonchev–Trinajstić information content (AvgIpc) is 3.05. The number of hydrogen-bond donors (Lipinski definition) is 1. The van der Waals surface area contributed by atoms with Crippen LogP contribution in [0.15, 0.2) is 18.2 Å². The van der Waals surface area contributed by atoms with Gasteiger partial charge in [-0.25, -0.2) is 0 Å². The van der Waals surface area contributed by atoms with Crippen molar-refractivity contribution in [2.24, 2.45) is 5.73 Å². The van der Waals surface area contributed by atoms with Crippen LogP contribution in [0.25, 0.3) is 0 Å². The minimum Gasteiger partial charge on any atom is -0.496 e. The number of rotatable bonds is 5. The highest BCUT2D eigenvalue weighted by Crippen LogP contribution is 2.34. The first-order valence-corrected chi connectivity index (χ1v) is 5.30. The molecule has 0 radical (unpaired) electrons. The van der Waals surface area contributed by atoms with Gasteiger partial charge in [0, 0.05) is 18.2 Å². The summed E-state index contributed by atoms with van der Waals surface area (Å²) in [5, 5.41) is 0. The predicted octanol–water partition coefficient (Wildman–Crippen LogP) is 1.57. The Kier molecular flexibility index (Phi) is 2.92. The number of hydrogen-bond acceptors (Lipinski definition) is 4. The summed E-state index contributed by atoms with van der Waals surface area (Å²) in [6.07, 6.45) is 2.07. The summed E-state index contributed by atoms with van der Waals surface area (Å²) in [6, 6.07) is 5.46. The Hall–Kier alpha value is -1.42. The molecule has 1 fully saturated rings. The van der Waals surface area contributed by atoms with Gasteiger partial charge in [0.15, 0.2) is 0 Å². The summed E-state index contributed by atoms with van der Waals surface area (Å²) in [6.45, 7) is 0.545. The van der Waals surface area contributed by atoms with Crippen LogP contribution in [0.5, 0.6) is 17.2 Å². The van der Waals surface area contributed by atoms with Crippen LogP contribution in [0.1, 0.15) is 12.8 Å². The molecule has 0 amide bonds. The maximum Gasteiger partial charge on any atom is 0.126 e. The van der Waals surface area contributed by atoms with Gasteiger partial charge >= 0.3 is 0 Å². The third kappa shape index (κ3) is 2.58. The Morgan fingerprint density at radius 3 is 2.00 bits per heavy atom. The van der Waals surface area contributed by atoms with Crippen LogP contribution in [0, 0.1) is 0 Å². The Morgan fingerprint density at radius 1 is 1.06 bits per heavy atom. The molecular formula is C12H17NO3. The fourth-order valence-electron chi connectivity index (χ4n) is 1.40. The first-order chi connectivity index (χ1) is 7.65. The van der Waals surface area contributed by atoms with Crippen molar-refractivity contribution in [1.29, 1.82) is 0 Å². The predicted molar refractivity (Wildman–Crippen MR) is 61.2 cm³/mol. The molecule has 0 spiro atoms. The summed E-state index contributed by atoms with van der Waals surface area (Å²) in [5.41, 5.74) is 5.83. The van der Waals surface area contributed by atoms with E-state index in [9.17, 15) is 0 Å². The van der Waals surface area contributed by atoms with Crippen molar-refractivity contribution in [3.63, 3.8) is 0 Å². The van der Waals surface area contributed by atoms with Crippen LogP contribution in [-0.2, 0) is 0 Å². The standard InChI is InChI=1S/C12H17NO3/c1-14-9-5-10(15-2)7-11(6-9)16-8-12(13)3-4-12/h5-7H,3-4,8,13H2,1-2H3. The molecule has 2 rings (SSSR count). The molecule has 1 aromatic carbocycles. The van der Waals surface area contributed by atoms with Crippen LogP contribution >= 0.6 is 0 Å². The largest absolute Gasteiger partial charge is 0.496 e. The van der Waals surface area contributed by atoms with E-state index in [1.165, 1.54) is 0 Å². The lowest BCUT2D eigenvalue weighted by Gasteiger charge is -2.13. The lowest BCUT2D eigenvalue weighted by atomic mass is 10.3. The van der Waals surface area contributed by atoms with E-state index in [1.54, 1.807) is 14.2 Å². The minimum absolute atomic E-state index is 0.115. The third-order valence-corrected chi connectivity index (χ3v) is 2.74. The highest BCUT2D eigenvalue weighted by molar-refractivity contribution is 5.42. The Morgan fingerprint density at radius 2 is 1.56 bits per heavy atom. The second-order valence-corrected chi connectivity index (χ2v) is 4.20. The molecule has 0 heterocycles. The smallest absolute Gasteiger partial charge is 0.126 e. The van der Waals surface area contributed by atoms with Crippen LogP contribution in [0.4, 0.5) is 0 Å². The van der Waals surface area contributed by atoms with E-state index < -0.39 is 0 Å². The van der Waals surface area contributed by atoms with Crippen LogP contribution in [0.3, 0.4) is 0 Å². The minimum atomic E-state index is -0.115. The second-order valence-electron chi connectivity index (χ2n) is 4.20. The van der Waals surface area contributed by atoms with Crippen molar-refractivity contribution >= 4 is 0 Å². The summed E-state index contributed by atoms with van der Waals surface area (Å²) < 4.78 is 15.9. The van der Waals surface area contributed by atoms with E-state index in [4.69, 9.17) is 19.9 Å². The molecule has 16 heavy (non-hydrogen) atoms. The fourth-order valence-corrected chi connectivity index (χ4v) is 1.40. The first-order valence-electron chi connectivity index (χ1n) is 5.30. The van der Waals surface area contributed by atoms with Crippen molar-refractivity contribution in [2.75, 3.05) is 20.8 Å². The van der Waals surface area contributed by atoms with Gasteiger partial charge in [-0.05, 0) is 12.8 Å². The Labute approximate surface area is 95.3 Å². The molecule has 1 aliphatic carbocycles. The summed E-state index contributed by atoms with van der Waals surface area (Å²) in [5.74, 6) is 2.17. The van der Waals surface area contributed by atoms with Crippen molar-refractivity contribution in [3.05, 3.63) is 18.2 Å². The third-order valence-electron chi connectivity index (χ3n) is 2.74. The average molecular weight is 223 g/mol. The van der Waals surface area contributed by atoms with E-state index in [1.807, 2.05) is 18.2 Å². The molecule has 1 aliphatic rings. The van der Waals surface area contributed by atoms with E-state index in [0.717, 1.165) is 30.1 Å². The van der Waals surface area contributed by atoms with Gasteiger partial charge in [0.05, 0.1) is 19.8 Å². The number of methoxy groups -OCH3 is 2. The Balaban J connectivity index is 2.06. The van der Waals surface area contributed by atoms with Gasteiger partial charge in [-0.1, -0.05) is 0 Å². The zero-order chi connectivity index (χ0) is 11.6. The van der Waals surface area contributed by atoms with Gasteiger partial charge in [0.25, 0.3) is 0 Å². The monoisotopic (exact) mass is 223 g/mol. The molecule has 2 N–H and O–H groups in total. The van der Waals surface area contributed by atoms with Crippen LogP contribution < -0.4 is 19.9 Å². The molecule has 4 nitrogen and oxygen atoms in total. The van der Waals surface area contributed by atoms with Gasteiger partial charge in [0.1, 0.15) is 23.9 Å². The highest BCUT2D eigenvalue weighted by atomic mass is 16.5. The lowest BCUT2D eigenvalue weighted by Crippen LogP contribution is -2.29. The zero-order valence-corrected chi connectivity index (χ0v) is 9.66.